The van der Waals surface area contributed by atoms with Gasteiger partial charge in [0, 0.05) is 23.3 Å². The highest BCUT2D eigenvalue weighted by molar-refractivity contribution is 6.30. The summed E-state index contributed by atoms with van der Waals surface area (Å²) in [6.07, 6.45) is 0. The Kier molecular flexibility index (Phi) is 5.05. The van der Waals surface area contributed by atoms with Gasteiger partial charge < -0.3 is 10.2 Å². The second-order valence-corrected chi connectivity index (χ2v) is 5.75. The minimum absolute atomic E-state index is 0.246. The fourth-order valence-electron chi connectivity index (χ4n) is 2.21. The Morgan fingerprint density at radius 1 is 1.05 bits per heavy atom. The first-order valence-corrected chi connectivity index (χ1v) is 7.18. The Balaban J connectivity index is 2.15. The third-order valence-corrected chi connectivity index (χ3v) is 3.50. The normalized spacial score (nSPS) is 12.4. The molecule has 0 saturated carbocycles. The number of anilines is 1. The van der Waals surface area contributed by atoms with Crippen LogP contribution in [-0.2, 0) is 6.54 Å². The van der Waals surface area contributed by atoms with Crippen LogP contribution in [0.25, 0.3) is 0 Å². The second kappa shape index (κ2) is 6.78. The Hall–Kier alpha value is -1.51. The van der Waals surface area contributed by atoms with Crippen LogP contribution >= 0.6 is 11.6 Å². The van der Waals surface area contributed by atoms with E-state index in [1.54, 1.807) is 0 Å². The lowest BCUT2D eigenvalue weighted by molar-refractivity contribution is 0.403. The van der Waals surface area contributed by atoms with Crippen LogP contribution in [0.5, 0.6) is 0 Å². The first-order chi connectivity index (χ1) is 9.56. The van der Waals surface area contributed by atoms with E-state index in [0.717, 1.165) is 11.6 Å². The monoisotopic (exact) mass is 288 g/mol. The van der Waals surface area contributed by atoms with E-state index in [4.69, 9.17) is 11.6 Å². The Labute approximate surface area is 126 Å². The second-order valence-electron chi connectivity index (χ2n) is 5.31. The molecule has 0 amide bonds. The number of rotatable bonds is 5. The Morgan fingerprint density at radius 3 is 2.35 bits per heavy atom. The minimum atomic E-state index is 0.246. The largest absolute Gasteiger partial charge is 0.378 e. The smallest absolute Gasteiger partial charge is 0.0485 e. The number of nitrogens with one attached hydrogen (secondary N) is 1. The molecule has 0 fully saturated rings. The van der Waals surface area contributed by atoms with Crippen LogP contribution in [0.15, 0.2) is 48.5 Å². The van der Waals surface area contributed by atoms with Crippen molar-refractivity contribution in [2.24, 2.45) is 0 Å². The third kappa shape index (κ3) is 3.99. The fraction of sp³-hybridized carbons (Fsp3) is 0.294. The van der Waals surface area contributed by atoms with E-state index in [1.807, 2.05) is 12.1 Å². The minimum Gasteiger partial charge on any atom is -0.378 e. The van der Waals surface area contributed by atoms with Crippen molar-refractivity contribution >= 4 is 17.3 Å². The van der Waals surface area contributed by atoms with Gasteiger partial charge in [0.2, 0.25) is 0 Å². The standard InChI is InChI=1S/C17H21ClN2/c1-13(14-8-10-16(18)11-9-14)19-17-7-5-4-6-15(17)12-20(2)3/h4-11,13,19H,12H2,1-3H3. The summed E-state index contributed by atoms with van der Waals surface area (Å²) in [7, 11) is 4.17. The van der Waals surface area contributed by atoms with E-state index in [9.17, 15) is 0 Å². The molecule has 0 aliphatic heterocycles. The van der Waals surface area contributed by atoms with E-state index >= 15 is 0 Å². The zero-order chi connectivity index (χ0) is 14.5. The number of benzene rings is 2. The maximum Gasteiger partial charge on any atom is 0.0485 e. The fourth-order valence-corrected chi connectivity index (χ4v) is 2.33. The molecule has 2 nitrogen and oxygen atoms in total. The molecule has 0 spiro atoms. The van der Waals surface area contributed by atoms with Gasteiger partial charge in [-0.2, -0.15) is 0 Å². The van der Waals surface area contributed by atoms with Gasteiger partial charge in [-0.3, -0.25) is 0 Å². The van der Waals surface area contributed by atoms with Gasteiger partial charge in [-0.25, -0.2) is 0 Å². The van der Waals surface area contributed by atoms with Crippen molar-refractivity contribution < 1.29 is 0 Å². The Morgan fingerprint density at radius 2 is 1.70 bits per heavy atom. The average Bonchev–Trinajstić information content (AvgIpc) is 2.41. The number of nitrogens with zero attached hydrogens (tertiary/aromatic N) is 1. The van der Waals surface area contributed by atoms with E-state index in [2.05, 4.69) is 67.6 Å². The predicted molar refractivity (Wildman–Crippen MR) is 87.3 cm³/mol. The van der Waals surface area contributed by atoms with Crippen molar-refractivity contribution in [2.75, 3.05) is 19.4 Å². The van der Waals surface area contributed by atoms with E-state index in [0.29, 0.717) is 0 Å². The first-order valence-electron chi connectivity index (χ1n) is 6.81. The molecular weight excluding hydrogens is 268 g/mol. The van der Waals surface area contributed by atoms with Crippen LogP contribution in [0.1, 0.15) is 24.1 Å². The van der Waals surface area contributed by atoms with E-state index in [-0.39, 0.29) is 6.04 Å². The molecule has 106 valence electrons. The zero-order valence-corrected chi connectivity index (χ0v) is 13.0. The summed E-state index contributed by atoms with van der Waals surface area (Å²) >= 11 is 5.93. The summed E-state index contributed by atoms with van der Waals surface area (Å²) in [5.74, 6) is 0. The Bertz CT molecular complexity index is 549. The number of halogens is 1. The highest BCUT2D eigenvalue weighted by atomic mass is 35.5. The molecule has 2 aromatic rings. The molecule has 1 N–H and O–H groups in total. The lowest BCUT2D eigenvalue weighted by Crippen LogP contribution is -2.14. The molecule has 0 aliphatic rings. The van der Waals surface area contributed by atoms with Crippen LogP contribution in [0.3, 0.4) is 0 Å². The van der Waals surface area contributed by atoms with E-state index in [1.165, 1.54) is 16.8 Å². The molecule has 0 saturated heterocycles. The number of para-hydroxylation sites is 1. The maximum atomic E-state index is 5.93. The van der Waals surface area contributed by atoms with Crippen molar-refractivity contribution in [1.29, 1.82) is 0 Å². The van der Waals surface area contributed by atoms with Crippen LogP contribution in [0.4, 0.5) is 5.69 Å². The molecule has 0 bridgehead atoms. The lowest BCUT2D eigenvalue weighted by atomic mass is 10.1. The number of hydrogen-bond donors (Lipinski definition) is 1. The SMILES string of the molecule is CC(Nc1ccccc1CN(C)C)c1ccc(Cl)cc1. The van der Waals surface area contributed by atoms with Gasteiger partial charge in [0.1, 0.15) is 0 Å². The summed E-state index contributed by atoms with van der Waals surface area (Å²) in [5, 5.41) is 4.35. The van der Waals surface area contributed by atoms with Gasteiger partial charge in [0.25, 0.3) is 0 Å². The van der Waals surface area contributed by atoms with Crippen LogP contribution < -0.4 is 5.32 Å². The molecule has 0 aromatic heterocycles. The topological polar surface area (TPSA) is 15.3 Å². The molecule has 2 rings (SSSR count). The van der Waals surface area contributed by atoms with Crippen molar-refractivity contribution in [3.63, 3.8) is 0 Å². The van der Waals surface area contributed by atoms with Gasteiger partial charge in [0.05, 0.1) is 0 Å². The average molecular weight is 289 g/mol. The molecule has 1 unspecified atom stereocenters. The molecule has 3 heteroatoms. The summed E-state index contributed by atoms with van der Waals surface area (Å²) in [6.45, 7) is 3.09. The van der Waals surface area contributed by atoms with Crippen molar-refractivity contribution in [2.45, 2.75) is 19.5 Å². The quantitative estimate of drug-likeness (QED) is 0.867. The summed E-state index contributed by atoms with van der Waals surface area (Å²) < 4.78 is 0. The summed E-state index contributed by atoms with van der Waals surface area (Å²) in [6, 6.07) is 16.7. The molecule has 2 aromatic carbocycles. The molecule has 0 aliphatic carbocycles. The molecule has 20 heavy (non-hydrogen) atoms. The summed E-state index contributed by atoms with van der Waals surface area (Å²) in [5.41, 5.74) is 3.72. The van der Waals surface area contributed by atoms with Crippen molar-refractivity contribution in [1.82, 2.24) is 4.90 Å². The van der Waals surface area contributed by atoms with Crippen LogP contribution in [0.2, 0.25) is 5.02 Å². The van der Waals surface area contributed by atoms with Crippen molar-refractivity contribution in [3.8, 4) is 0 Å². The highest BCUT2D eigenvalue weighted by Crippen LogP contribution is 2.24. The summed E-state index contributed by atoms with van der Waals surface area (Å²) in [4.78, 5) is 2.17. The van der Waals surface area contributed by atoms with Crippen LogP contribution in [0, 0.1) is 0 Å². The lowest BCUT2D eigenvalue weighted by Gasteiger charge is -2.20. The van der Waals surface area contributed by atoms with Crippen LogP contribution in [-0.4, -0.2) is 19.0 Å². The van der Waals surface area contributed by atoms with Crippen molar-refractivity contribution in [3.05, 3.63) is 64.7 Å². The van der Waals surface area contributed by atoms with Gasteiger partial charge in [-0.15, -0.1) is 0 Å². The zero-order valence-electron chi connectivity index (χ0n) is 12.2. The molecule has 1 atom stereocenters. The van der Waals surface area contributed by atoms with E-state index < -0.39 is 0 Å². The first kappa shape index (κ1) is 14.9. The third-order valence-electron chi connectivity index (χ3n) is 3.25. The predicted octanol–water partition coefficient (Wildman–Crippen LogP) is 4.57. The highest BCUT2D eigenvalue weighted by Gasteiger charge is 2.08. The maximum absolute atomic E-state index is 5.93. The number of hydrogen-bond acceptors (Lipinski definition) is 2. The molecule has 0 heterocycles. The molecule has 0 radical (unpaired) electrons. The van der Waals surface area contributed by atoms with Gasteiger partial charge in [0.15, 0.2) is 0 Å². The van der Waals surface area contributed by atoms with Gasteiger partial charge in [-0.1, -0.05) is 41.9 Å². The molecular formula is C17H21ClN2. The van der Waals surface area contributed by atoms with Gasteiger partial charge in [-0.05, 0) is 50.3 Å². The van der Waals surface area contributed by atoms with Gasteiger partial charge >= 0.3 is 0 Å².